The summed E-state index contributed by atoms with van der Waals surface area (Å²) in [6.45, 7) is 1.98. The first-order valence-corrected chi connectivity index (χ1v) is 8.84. The van der Waals surface area contributed by atoms with Gasteiger partial charge in [-0.15, -0.1) is 0 Å². The van der Waals surface area contributed by atoms with Crippen molar-refractivity contribution in [1.29, 1.82) is 0 Å². The number of nitrogens with zero attached hydrogens (tertiary/aromatic N) is 2. The summed E-state index contributed by atoms with van der Waals surface area (Å²) in [5.41, 5.74) is 2.60. The minimum atomic E-state index is -0.0876. The molecule has 0 radical (unpaired) electrons. The quantitative estimate of drug-likeness (QED) is 0.720. The molecule has 1 heterocycles. The molecule has 1 aliphatic rings. The molecule has 0 aromatic heterocycles. The molecule has 3 rings (SSSR count). The lowest BCUT2D eigenvalue weighted by atomic mass is 10.1. The zero-order chi connectivity index (χ0) is 18.0. The summed E-state index contributed by atoms with van der Waals surface area (Å²) in [6, 6.07) is 13.2. The van der Waals surface area contributed by atoms with Crippen molar-refractivity contribution < 1.29 is 9.53 Å². The Labute approximate surface area is 156 Å². The number of hydrogen-bond acceptors (Lipinski definition) is 4. The Kier molecular flexibility index (Phi) is 5.16. The van der Waals surface area contributed by atoms with Gasteiger partial charge < -0.3 is 4.74 Å². The lowest BCUT2D eigenvalue weighted by Gasteiger charge is -2.07. The molecule has 2 aromatic carbocycles. The lowest BCUT2D eigenvalue weighted by molar-refractivity contribution is -0.121. The number of amides is 1. The Morgan fingerprint density at radius 3 is 2.72 bits per heavy atom. The van der Waals surface area contributed by atoms with Gasteiger partial charge in [0, 0.05) is 7.05 Å². The molecule has 1 fully saturated rings. The lowest BCUT2D eigenvalue weighted by Crippen LogP contribution is -2.23. The summed E-state index contributed by atoms with van der Waals surface area (Å²) in [7, 11) is 3.35. The van der Waals surface area contributed by atoms with E-state index in [1.54, 1.807) is 20.2 Å². The van der Waals surface area contributed by atoms with Crippen LogP contribution < -0.4 is 4.74 Å². The van der Waals surface area contributed by atoms with Crippen molar-refractivity contribution in [3.63, 3.8) is 0 Å². The highest BCUT2D eigenvalue weighted by Crippen LogP contribution is 2.35. The molecule has 1 saturated heterocycles. The number of methoxy groups -OCH3 is 1. The first kappa shape index (κ1) is 17.6. The first-order valence-electron chi connectivity index (χ1n) is 7.65. The van der Waals surface area contributed by atoms with Gasteiger partial charge in [0.15, 0.2) is 5.17 Å². The molecule has 128 valence electrons. The van der Waals surface area contributed by atoms with Gasteiger partial charge in [0.1, 0.15) is 5.75 Å². The number of likely N-dealkylation sites (N-methyl/N-ethyl adjacent to an activating group) is 1. The van der Waals surface area contributed by atoms with Gasteiger partial charge in [-0.25, -0.2) is 4.99 Å². The van der Waals surface area contributed by atoms with Crippen molar-refractivity contribution in [2.75, 3.05) is 14.2 Å². The number of para-hydroxylation sites is 1. The number of carbonyl (C=O) groups excluding carboxylic acids is 1. The number of ether oxygens (including phenoxy) is 1. The van der Waals surface area contributed by atoms with Crippen LogP contribution >= 0.6 is 23.4 Å². The van der Waals surface area contributed by atoms with Crippen molar-refractivity contribution in [3.05, 3.63) is 63.5 Å². The predicted molar refractivity (Wildman–Crippen MR) is 105 cm³/mol. The smallest absolute Gasteiger partial charge is 0.266 e. The van der Waals surface area contributed by atoms with Crippen LogP contribution in [0.5, 0.6) is 5.75 Å². The summed E-state index contributed by atoms with van der Waals surface area (Å²) >= 11 is 7.48. The van der Waals surface area contributed by atoms with Crippen LogP contribution in [0.2, 0.25) is 5.02 Å². The monoisotopic (exact) mass is 372 g/mol. The Morgan fingerprint density at radius 1 is 1.24 bits per heavy atom. The average molecular weight is 373 g/mol. The number of aryl methyl sites for hydroxylation is 1. The van der Waals surface area contributed by atoms with E-state index in [4.69, 9.17) is 16.3 Å². The van der Waals surface area contributed by atoms with Crippen LogP contribution in [0.25, 0.3) is 6.08 Å². The van der Waals surface area contributed by atoms with Gasteiger partial charge in [-0.1, -0.05) is 35.9 Å². The molecule has 0 spiro atoms. The predicted octanol–water partition coefficient (Wildman–Crippen LogP) is 4.89. The minimum Gasteiger partial charge on any atom is -0.496 e. The number of aliphatic imine (C=N–C) groups is 1. The molecule has 0 bridgehead atoms. The maximum Gasteiger partial charge on any atom is 0.266 e. The molecule has 2 aromatic rings. The van der Waals surface area contributed by atoms with Crippen LogP contribution in [0.3, 0.4) is 0 Å². The minimum absolute atomic E-state index is 0.0876. The first-order chi connectivity index (χ1) is 12.0. The second-order valence-electron chi connectivity index (χ2n) is 5.55. The molecule has 6 heteroatoms. The van der Waals surface area contributed by atoms with Gasteiger partial charge in [-0.2, -0.15) is 0 Å². The summed E-state index contributed by atoms with van der Waals surface area (Å²) in [4.78, 5) is 19.2. The Hall–Kier alpha value is -2.24. The van der Waals surface area contributed by atoms with Crippen LogP contribution in [0, 0.1) is 6.92 Å². The Morgan fingerprint density at radius 2 is 2.00 bits per heavy atom. The third-order valence-electron chi connectivity index (χ3n) is 3.80. The largest absolute Gasteiger partial charge is 0.496 e. The third kappa shape index (κ3) is 3.72. The number of benzene rings is 2. The van der Waals surface area contributed by atoms with Crippen molar-refractivity contribution in [2.45, 2.75) is 6.92 Å². The molecule has 1 aliphatic heterocycles. The third-order valence-corrected chi connectivity index (χ3v) is 5.18. The maximum absolute atomic E-state index is 12.5. The topological polar surface area (TPSA) is 41.9 Å². The number of hydrogen-bond donors (Lipinski definition) is 0. The van der Waals surface area contributed by atoms with E-state index in [1.165, 1.54) is 16.7 Å². The molecule has 0 unspecified atom stereocenters. The average Bonchev–Trinajstić information content (AvgIpc) is 2.86. The van der Waals surface area contributed by atoms with Crippen LogP contribution in [0.15, 0.2) is 52.4 Å². The number of rotatable bonds is 3. The van der Waals surface area contributed by atoms with E-state index >= 15 is 0 Å². The summed E-state index contributed by atoms with van der Waals surface area (Å²) in [5, 5.41) is 1.15. The molecule has 0 N–H and O–H groups in total. The number of amidine groups is 1. The van der Waals surface area contributed by atoms with Crippen molar-refractivity contribution in [2.24, 2.45) is 4.99 Å². The van der Waals surface area contributed by atoms with E-state index in [9.17, 15) is 4.79 Å². The van der Waals surface area contributed by atoms with E-state index < -0.39 is 0 Å². The van der Waals surface area contributed by atoms with E-state index in [0.29, 0.717) is 20.8 Å². The van der Waals surface area contributed by atoms with E-state index in [2.05, 4.69) is 4.99 Å². The summed E-state index contributed by atoms with van der Waals surface area (Å²) < 4.78 is 5.34. The molecule has 0 saturated carbocycles. The van der Waals surface area contributed by atoms with Crippen LogP contribution in [-0.4, -0.2) is 30.1 Å². The van der Waals surface area contributed by atoms with Gasteiger partial charge in [0.25, 0.3) is 5.91 Å². The van der Waals surface area contributed by atoms with E-state index in [0.717, 1.165) is 16.9 Å². The number of halogens is 1. The Balaban J connectivity index is 1.92. The molecular weight excluding hydrogens is 356 g/mol. The van der Waals surface area contributed by atoms with E-state index in [-0.39, 0.29) is 5.91 Å². The Bertz CT molecular complexity index is 893. The fraction of sp³-hybridized carbons (Fsp3) is 0.158. The highest BCUT2D eigenvalue weighted by Gasteiger charge is 2.30. The second kappa shape index (κ2) is 7.33. The maximum atomic E-state index is 12.5. The fourth-order valence-corrected chi connectivity index (χ4v) is 3.53. The van der Waals surface area contributed by atoms with Gasteiger partial charge in [-0.3, -0.25) is 9.69 Å². The van der Waals surface area contributed by atoms with Gasteiger partial charge in [0.2, 0.25) is 0 Å². The zero-order valence-electron chi connectivity index (χ0n) is 14.1. The van der Waals surface area contributed by atoms with Gasteiger partial charge in [0.05, 0.1) is 22.7 Å². The van der Waals surface area contributed by atoms with Crippen molar-refractivity contribution in [3.8, 4) is 5.75 Å². The molecule has 0 aliphatic carbocycles. The fourth-order valence-electron chi connectivity index (χ4n) is 2.37. The van der Waals surface area contributed by atoms with Crippen molar-refractivity contribution >= 4 is 46.2 Å². The molecule has 25 heavy (non-hydrogen) atoms. The highest BCUT2D eigenvalue weighted by atomic mass is 35.5. The summed E-state index contributed by atoms with van der Waals surface area (Å²) in [5.74, 6) is 0.707. The van der Waals surface area contributed by atoms with Crippen LogP contribution in [0.1, 0.15) is 11.1 Å². The van der Waals surface area contributed by atoms with E-state index in [1.807, 2.05) is 49.4 Å². The SMILES string of the molecule is COc1cc(/C=C2/SC(=Nc3ccccc3Cl)N(C)C2=O)ccc1C. The van der Waals surface area contributed by atoms with Crippen LogP contribution in [-0.2, 0) is 4.79 Å². The zero-order valence-corrected chi connectivity index (χ0v) is 15.7. The number of thioether (sulfide) groups is 1. The van der Waals surface area contributed by atoms with Gasteiger partial charge in [-0.05, 0) is 54.1 Å². The highest BCUT2D eigenvalue weighted by molar-refractivity contribution is 8.18. The second-order valence-corrected chi connectivity index (χ2v) is 6.97. The number of carbonyl (C=O) groups is 1. The summed E-state index contributed by atoms with van der Waals surface area (Å²) in [6.07, 6.45) is 1.85. The molecule has 4 nitrogen and oxygen atoms in total. The standard InChI is InChI=1S/C19H17ClN2O2S/c1-12-8-9-13(10-16(12)24-3)11-17-18(23)22(2)19(25-17)21-15-7-5-4-6-14(15)20/h4-11H,1-3H3/b17-11+,21-19?. The van der Waals surface area contributed by atoms with Gasteiger partial charge >= 0.3 is 0 Å². The molecular formula is C19H17ClN2O2S. The molecule has 1 amide bonds. The van der Waals surface area contributed by atoms with Crippen molar-refractivity contribution in [1.82, 2.24) is 4.90 Å². The molecule has 0 atom stereocenters. The normalized spacial score (nSPS) is 17.6. The van der Waals surface area contributed by atoms with Crippen LogP contribution in [0.4, 0.5) is 5.69 Å².